The molecule has 1 amide bonds. The van der Waals surface area contributed by atoms with Gasteiger partial charge in [0.25, 0.3) is 5.91 Å². The van der Waals surface area contributed by atoms with E-state index in [-0.39, 0.29) is 34.3 Å². The lowest BCUT2D eigenvalue weighted by atomic mass is 9.63. The van der Waals surface area contributed by atoms with Crippen molar-refractivity contribution in [2.75, 3.05) is 19.9 Å². The summed E-state index contributed by atoms with van der Waals surface area (Å²) in [6, 6.07) is 5.21. The number of carbonyl (C=O) groups excluding carboxylic acids is 1. The number of rotatable bonds is 7. The Kier molecular flexibility index (Phi) is 5.55. The van der Waals surface area contributed by atoms with Gasteiger partial charge in [-0.05, 0) is 25.0 Å². The summed E-state index contributed by atoms with van der Waals surface area (Å²) in [5.74, 6) is -0.274. The number of hydrogen-bond donors (Lipinski definition) is 0. The lowest BCUT2D eigenvalue weighted by Crippen LogP contribution is -2.62. The van der Waals surface area contributed by atoms with E-state index in [1.165, 1.54) is 4.40 Å². The highest BCUT2D eigenvalue weighted by Gasteiger charge is 2.52. The molecule has 0 unspecified atom stereocenters. The largest absolute Gasteiger partial charge is 0.378 e. The van der Waals surface area contributed by atoms with Gasteiger partial charge in [0, 0.05) is 37.6 Å². The number of fused-ring (bicyclic) bond motifs is 1. The predicted molar refractivity (Wildman–Crippen MR) is 107 cm³/mol. The van der Waals surface area contributed by atoms with Crippen LogP contribution in [-0.4, -0.2) is 60.7 Å². The molecule has 1 saturated carbocycles. The molecule has 0 saturated heterocycles. The highest BCUT2D eigenvalue weighted by atomic mass is 32.2. The van der Waals surface area contributed by atoms with Gasteiger partial charge in [0.15, 0.2) is 5.69 Å². The molecule has 28 heavy (non-hydrogen) atoms. The van der Waals surface area contributed by atoms with Crippen LogP contribution in [-0.2, 0) is 14.6 Å². The zero-order chi connectivity index (χ0) is 20.7. The molecule has 2 heterocycles. The predicted octanol–water partition coefficient (Wildman–Crippen LogP) is 2.79. The van der Waals surface area contributed by atoms with Crippen molar-refractivity contribution >= 4 is 21.3 Å². The molecule has 0 radical (unpaired) electrons. The molecule has 3 rings (SSSR count). The van der Waals surface area contributed by atoms with Crippen LogP contribution in [0.3, 0.4) is 0 Å². The lowest BCUT2D eigenvalue weighted by molar-refractivity contribution is -0.140. The first-order chi connectivity index (χ1) is 13.1. The summed E-state index contributed by atoms with van der Waals surface area (Å²) in [6.07, 6.45) is 5.71. The van der Waals surface area contributed by atoms with Gasteiger partial charge >= 0.3 is 0 Å². The van der Waals surface area contributed by atoms with Crippen molar-refractivity contribution in [2.45, 2.75) is 57.3 Å². The van der Waals surface area contributed by atoms with Crippen molar-refractivity contribution < 1.29 is 17.9 Å². The monoisotopic (exact) mass is 407 g/mol. The van der Waals surface area contributed by atoms with Crippen LogP contribution < -0.4 is 0 Å². The fourth-order valence-corrected chi connectivity index (χ4v) is 4.69. The number of sulfone groups is 1. The van der Waals surface area contributed by atoms with E-state index in [0.29, 0.717) is 5.52 Å². The van der Waals surface area contributed by atoms with Crippen molar-refractivity contribution in [3.05, 3.63) is 30.1 Å². The molecular formula is C20H29N3O4S. The van der Waals surface area contributed by atoms with Gasteiger partial charge < -0.3 is 9.64 Å². The van der Waals surface area contributed by atoms with Crippen molar-refractivity contribution in [2.24, 2.45) is 5.41 Å². The molecule has 1 fully saturated rings. The fraction of sp³-hybridized carbons (Fsp3) is 0.600. The molecule has 1 aliphatic carbocycles. The molecule has 0 spiro atoms. The van der Waals surface area contributed by atoms with Gasteiger partial charge in [-0.25, -0.2) is 13.4 Å². The first-order valence-electron chi connectivity index (χ1n) is 9.65. The van der Waals surface area contributed by atoms with Crippen LogP contribution in [0, 0.1) is 5.41 Å². The quantitative estimate of drug-likeness (QED) is 0.659. The van der Waals surface area contributed by atoms with Gasteiger partial charge in [-0.1, -0.05) is 33.3 Å². The van der Waals surface area contributed by atoms with E-state index in [9.17, 15) is 13.2 Å². The Morgan fingerprint density at radius 2 is 2.11 bits per heavy atom. The number of imidazole rings is 1. The van der Waals surface area contributed by atoms with E-state index in [0.717, 1.165) is 32.1 Å². The van der Waals surface area contributed by atoms with Crippen LogP contribution in [0.25, 0.3) is 5.52 Å². The van der Waals surface area contributed by atoms with Gasteiger partial charge in [0.05, 0.1) is 11.6 Å². The summed E-state index contributed by atoms with van der Waals surface area (Å²) in [5, 5.41) is -0.117. The van der Waals surface area contributed by atoms with Crippen LogP contribution in [0.15, 0.2) is 29.6 Å². The molecule has 0 aliphatic heterocycles. The van der Waals surface area contributed by atoms with Crippen LogP contribution in [0.2, 0.25) is 0 Å². The maximum Gasteiger partial charge on any atom is 0.274 e. The molecular weight excluding hydrogens is 378 g/mol. The summed E-state index contributed by atoms with van der Waals surface area (Å²) in [7, 11) is -1.81. The average molecular weight is 408 g/mol. The van der Waals surface area contributed by atoms with Gasteiger partial charge in [-0.15, -0.1) is 0 Å². The molecule has 154 valence electrons. The first-order valence-corrected chi connectivity index (χ1v) is 11.5. The van der Waals surface area contributed by atoms with Crippen LogP contribution >= 0.6 is 0 Å². The van der Waals surface area contributed by atoms with E-state index in [2.05, 4.69) is 25.8 Å². The minimum absolute atomic E-state index is 0.00812. The number of aromatic nitrogens is 2. The summed E-state index contributed by atoms with van der Waals surface area (Å²) >= 11 is 0. The lowest BCUT2D eigenvalue weighted by Gasteiger charge is -2.54. The van der Waals surface area contributed by atoms with Gasteiger partial charge in [-0.3, -0.25) is 9.20 Å². The molecule has 2 atom stereocenters. The van der Waals surface area contributed by atoms with E-state index < -0.39 is 9.84 Å². The molecule has 7 nitrogen and oxygen atoms in total. The number of carbonyl (C=O) groups is 1. The average Bonchev–Trinajstić information content (AvgIpc) is 3.03. The minimum Gasteiger partial charge on any atom is -0.378 e. The summed E-state index contributed by atoms with van der Waals surface area (Å²) in [4.78, 5) is 19.1. The van der Waals surface area contributed by atoms with E-state index in [1.54, 1.807) is 36.3 Å². The minimum atomic E-state index is -3.56. The maximum atomic E-state index is 13.2. The number of amides is 1. The number of nitrogens with zero attached hydrogens (tertiary/aromatic N) is 3. The van der Waals surface area contributed by atoms with Crippen molar-refractivity contribution in [3.8, 4) is 0 Å². The van der Waals surface area contributed by atoms with Crippen LogP contribution in [0.5, 0.6) is 0 Å². The fourth-order valence-electron chi connectivity index (χ4n) is 3.91. The highest BCUT2D eigenvalue weighted by Crippen LogP contribution is 2.46. The second-order valence-electron chi connectivity index (χ2n) is 8.17. The van der Waals surface area contributed by atoms with Crippen molar-refractivity contribution in [1.82, 2.24) is 14.3 Å². The second-order valence-corrected chi connectivity index (χ2v) is 10.1. The molecule has 1 aliphatic rings. The number of unbranched alkanes of at least 4 members (excludes halogenated alkanes) is 1. The van der Waals surface area contributed by atoms with Crippen molar-refractivity contribution in [3.63, 3.8) is 0 Å². The number of ether oxygens (including phenoxy) is 1. The Morgan fingerprint density at radius 3 is 2.71 bits per heavy atom. The third-order valence-corrected chi connectivity index (χ3v) is 6.73. The molecule has 0 N–H and O–H groups in total. The normalized spacial score (nSPS) is 21.5. The summed E-state index contributed by atoms with van der Waals surface area (Å²) < 4.78 is 31.6. The van der Waals surface area contributed by atoms with E-state index in [1.807, 2.05) is 0 Å². The Balaban J connectivity index is 1.85. The Labute approximate surface area is 166 Å². The van der Waals surface area contributed by atoms with E-state index >= 15 is 0 Å². The van der Waals surface area contributed by atoms with E-state index in [4.69, 9.17) is 4.74 Å². The smallest absolute Gasteiger partial charge is 0.274 e. The number of hydrogen-bond acceptors (Lipinski definition) is 5. The zero-order valence-electron chi connectivity index (χ0n) is 17.2. The van der Waals surface area contributed by atoms with Gasteiger partial charge in [0.1, 0.15) is 0 Å². The molecule has 8 heteroatoms. The highest BCUT2D eigenvalue weighted by molar-refractivity contribution is 7.90. The summed E-state index contributed by atoms with van der Waals surface area (Å²) in [6.45, 7) is 7.08. The topological polar surface area (TPSA) is 81.0 Å². The molecule has 2 aromatic rings. The maximum absolute atomic E-state index is 13.2. The van der Waals surface area contributed by atoms with Gasteiger partial charge in [0.2, 0.25) is 15.0 Å². The molecule has 0 bridgehead atoms. The SMILES string of the molecule is CCCCO[C@@H]1C[C@H](N(C)C(=O)c2nc(S(C)(=O)=O)n3ccccc23)C1(C)C. The van der Waals surface area contributed by atoms with Crippen molar-refractivity contribution in [1.29, 1.82) is 0 Å². The summed E-state index contributed by atoms with van der Waals surface area (Å²) in [5.41, 5.74) is 0.482. The first kappa shape index (κ1) is 20.8. The third kappa shape index (κ3) is 3.55. The Morgan fingerprint density at radius 1 is 1.39 bits per heavy atom. The number of pyridine rings is 1. The molecule has 0 aromatic carbocycles. The third-order valence-electron chi connectivity index (χ3n) is 5.78. The zero-order valence-corrected chi connectivity index (χ0v) is 18.0. The molecule has 2 aromatic heterocycles. The van der Waals surface area contributed by atoms with Gasteiger partial charge in [-0.2, -0.15) is 0 Å². The second kappa shape index (κ2) is 7.48. The Bertz CT molecular complexity index is 980. The van der Waals surface area contributed by atoms with Crippen LogP contribution in [0.1, 0.15) is 50.5 Å². The standard InChI is InChI=1S/C20H29N3O4S/c1-6-7-12-27-16-13-15(20(16,2)3)22(4)18(24)17-14-10-8-9-11-23(14)19(21-17)28(5,25)26/h8-11,15-16H,6-7,12-13H2,1-5H3/t15-,16+/m0/s1. The van der Waals surface area contributed by atoms with Crippen LogP contribution in [0.4, 0.5) is 0 Å². The Hall–Kier alpha value is -1.93.